The molecule has 0 radical (unpaired) electrons. The summed E-state index contributed by atoms with van der Waals surface area (Å²) in [6.45, 7) is 0. The maximum Gasteiger partial charge on any atom is 0.0123 e. The van der Waals surface area contributed by atoms with Crippen LogP contribution in [-0.4, -0.2) is 5.87 Å². The van der Waals surface area contributed by atoms with Gasteiger partial charge in [0.25, 0.3) is 0 Å². The standard InChI is InChI=1S/C9H8S/c1-10-7-6-8-4-2-3-5-9(8)10/h2-7H,1H2. The predicted molar refractivity (Wildman–Crippen MR) is 48.5 cm³/mol. The largest absolute Gasteiger partial charge is 0.137 e. The Morgan fingerprint density at radius 2 is 2.00 bits per heavy atom. The van der Waals surface area contributed by atoms with Crippen molar-refractivity contribution in [2.75, 3.05) is 0 Å². The van der Waals surface area contributed by atoms with Crippen LogP contribution in [0.5, 0.6) is 0 Å². The van der Waals surface area contributed by atoms with Crippen molar-refractivity contribution >= 4 is 22.4 Å². The Balaban J connectivity index is 2.70. The van der Waals surface area contributed by atoms with E-state index >= 15 is 0 Å². The van der Waals surface area contributed by atoms with Gasteiger partial charge in [-0.3, -0.25) is 0 Å². The first kappa shape index (κ1) is 5.93. The average molecular weight is 148 g/mol. The van der Waals surface area contributed by atoms with Crippen LogP contribution in [0.1, 0.15) is 5.56 Å². The van der Waals surface area contributed by atoms with E-state index in [2.05, 4.69) is 41.6 Å². The Hall–Kier alpha value is -0.820. The van der Waals surface area contributed by atoms with Crippen molar-refractivity contribution in [3.8, 4) is 0 Å². The van der Waals surface area contributed by atoms with Gasteiger partial charge in [-0.05, 0) is 23.1 Å². The molecule has 1 aromatic carbocycles. The first-order chi connectivity index (χ1) is 4.88. The molecule has 0 bridgehead atoms. The third-order valence-corrected chi connectivity index (χ3v) is 3.01. The van der Waals surface area contributed by atoms with Gasteiger partial charge in [-0.25, -0.2) is 0 Å². The summed E-state index contributed by atoms with van der Waals surface area (Å²) in [6.07, 6.45) is 2.14. The maximum absolute atomic E-state index is 4.02. The quantitative estimate of drug-likeness (QED) is 0.496. The van der Waals surface area contributed by atoms with Crippen LogP contribution in [0.3, 0.4) is 0 Å². The van der Waals surface area contributed by atoms with E-state index in [0.717, 1.165) is 0 Å². The van der Waals surface area contributed by atoms with E-state index < -0.39 is 0 Å². The fourth-order valence-electron chi connectivity index (χ4n) is 1.09. The van der Waals surface area contributed by atoms with Gasteiger partial charge in [-0.2, -0.15) is 0 Å². The molecule has 1 atom stereocenters. The number of fused-ring (bicyclic) bond motifs is 1. The maximum atomic E-state index is 4.02. The molecule has 0 spiro atoms. The smallest absolute Gasteiger partial charge is 0.0123 e. The van der Waals surface area contributed by atoms with Crippen molar-refractivity contribution in [1.29, 1.82) is 0 Å². The molecule has 0 fully saturated rings. The zero-order valence-electron chi connectivity index (χ0n) is 5.58. The summed E-state index contributed by atoms with van der Waals surface area (Å²) in [6, 6.07) is 8.40. The molecule has 10 heavy (non-hydrogen) atoms. The van der Waals surface area contributed by atoms with E-state index in [1.54, 1.807) is 0 Å². The Kier molecular flexibility index (Phi) is 1.24. The number of benzene rings is 1. The van der Waals surface area contributed by atoms with Gasteiger partial charge in [-0.15, -0.1) is 10.5 Å². The van der Waals surface area contributed by atoms with Crippen molar-refractivity contribution in [1.82, 2.24) is 0 Å². The van der Waals surface area contributed by atoms with Crippen molar-refractivity contribution in [3.05, 3.63) is 35.2 Å². The molecule has 50 valence electrons. The third-order valence-electron chi connectivity index (χ3n) is 1.61. The molecule has 0 aliphatic carbocycles. The number of hydrogen-bond donors (Lipinski definition) is 0. The molecule has 0 nitrogen and oxygen atoms in total. The normalized spacial score (nSPS) is 21.0. The van der Waals surface area contributed by atoms with Crippen LogP contribution in [-0.2, 0) is 0 Å². The predicted octanol–water partition coefficient (Wildman–Crippen LogP) is 2.73. The van der Waals surface area contributed by atoms with Crippen molar-refractivity contribution < 1.29 is 0 Å². The Morgan fingerprint density at radius 1 is 1.20 bits per heavy atom. The van der Waals surface area contributed by atoms with Gasteiger partial charge in [0.2, 0.25) is 0 Å². The summed E-state index contributed by atoms with van der Waals surface area (Å²) < 4.78 is 0. The Bertz CT molecular complexity index is 310. The number of rotatable bonds is 0. The summed E-state index contributed by atoms with van der Waals surface area (Å²) in [7, 11) is 0.122. The van der Waals surface area contributed by atoms with Gasteiger partial charge in [-0.1, -0.05) is 24.1 Å². The summed E-state index contributed by atoms with van der Waals surface area (Å²) in [5.41, 5.74) is 1.33. The second kappa shape index (κ2) is 2.10. The van der Waals surface area contributed by atoms with Gasteiger partial charge in [0, 0.05) is 4.90 Å². The first-order valence-electron chi connectivity index (χ1n) is 3.18. The Morgan fingerprint density at radius 3 is 2.80 bits per heavy atom. The second-order valence-electron chi connectivity index (χ2n) is 2.27. The summed E-state index contributed by atoms with van der Waals surface area (Å²) >= 11 is 0. The molecular formula is C9H8S. The van der Waals surface area contributed by atoms with E-state index in [1.807, 2.05) is 0 Å². The fourth-order valence-corrected chi connectivity index (χ4v) is 2.24. The lowest BCUT2D eigenvalue weighted by Gasteiger charge is -1.97. The van der Waals surface area contributed by atoms with E-state index in [4.69, 9.17) is 0 Å². The first-order valence-corrected chi connectivity index (χ1v) is 4.63. The van der Waals surface area contributed by atoms with Crippen LogP contribution in [0.15, 0.2) is 34.6 Å². The molecule has 0 amide bonds. The zero-order chi connectivity index (χ0) is 6.97. The van der Waals surface area contributed by atoms with Crippen molar-refractivity contribution in [3.63, 3.8) is 0 Å². The molecule has 1 unspecified atom stereocenters. The summed E-state index contributed by atoms with van der Waals surface area (Å²) in [5.74, 6) is 4.02. The van der Waals surface area contributed by atoms with Crippen LogP contribution >= 0.6 is 10.5 Å². The van der Waals surface area contributed by atoms with Gasteiger partial charge in [0.05, 0.1) is 0 Å². The molecule has 0 N–H and O–H groups in total. The molecule has 1 heteroatoms. The van der Waals surface area contributed by atoms with E-state index in [-0.39, 0.29) is 10.5 Å². The monoisotopic (exact) mass is 148 g/mol. The van der Waals surface area contributed by atoms with Gasteiger partial charge in [0.1, 0.15) is 0 Å². The van der Waals surface area contributed by atoms with Crippen LogP contribution in [0.2, 0.25) is 0 Å². The van der Waals surface area contributed by atoms with E-state index in [9.17, 15) is 0 Å². The van der Waals surface area contributed by atoms with E-state index in [1.165, 1.54) is 10.5 Å². The molecule has 0 saturated carbocycles. The summed E-state index contributed by atoms with van der Waals surface area (Å²) in [5, 5.41) is 2.16. The molecule has 1 aliphatic heterocycles. The Labute approximate surface area is 63.1 Å². The molecule has 0 aromatic heterocycles. The van der Waals surface area contributed by atoms with Crippen molar-refractivity contribution in [2.24, 2.45) is 0 Å². The minimum atomic E-state index is 0.122. The molecule has 1 aliphatic rings. The van der Waals surface area contributed by atoms with Crippen LogP contribution < -0.4 is 0 Å². The van der Waals surface area contributed by atoms with E-state index in [0.29, 0.717) is 0 Å². The summed E-state index contributed by atoms with van der Waals surface area (Å²) in [4.78, 5) is 1.38. The van der Waals surface area contributed by atoms with Gasteiger partial charge >= 0.3 is 0 Å². The topological polar surface area (TPSA) is 0 Å². The molecule has 1 heterocycles. The third kappa shape index (κ3) is 0.745. The van der Waals surface area contributed by atoms with Crippen molar-refractivity contribution in [2.45, 2.75) is 4.90 Å². The van der Waals surface area contributed by atoms with Crippen LogP contribution in [0, 0.1) is 0 Å². The lowest BCUT2D eigenvalue weighted by Crippen LogP contribution is -1.71. The average Bonchev–Trinajstić information content (AvgIpc) is 2.34. The van der Waals surface area contributed by atoms with Crippen LogP contribution in [0.25, 0.3) is 6.08 Å². The molecular weight excluding hydrogens is 140 g/mol. The molecule has 0 saturated heterocycles. The SMILES string of the molecule is C=S1C=Cc2ccccc21. The highest BCUT2D eigenvalue weighted by Crippen LogP contribution is 2.36. The molecule has 2 rings (SSSR count). The molecule has 1 aromatic rings. The minimum absolute atomic E-state index is 0.122. The second-order valence-corrected chi connectivity index (χ2v) is 3.84. The highest BCUT2D eigenvalue weighted by molar-refractivity contribution is 8.17. The fraction of sp³-hybridized carbons (Fsp3) is 0. The number of hydrogen-bond acceptors (Lipinski definition) is 0. The van der Waals surface area contributed by atoms with Gasteiger partial charge in [0.15, 0.2) is 0 Å². The minimum Gasteiger partial charge on any atom is -0.137 e. The highest BCUT2D eigenvalue weighted by Gasteiger charge is 2.04. The lowest BCUT2D eigenvalue weighted by molar-refractivity contribution is 1.44. The lowest BCUT2D eigenvalue weighted by atomic mass is 10.2. The highest BCUT2D eigenvalue weighted by atomic mass is 32.2. The zero-order valence-corrected chi connectivity index (χ0v) is 6.40. The van der Waals surface area contributed by atoms with Crippen LogP contribution in [0.4, 0.5) is 0 Å². The van der Waals surface area contributed by atoms with Gasteiger partial charge < -0.3 is 0 Å².